The molecule has 1 saturated heterocycles. The Morgan fingerprint density at radius 3 is 2.63 bits per heavy atom. The fourth-order valence-electron chi connectivity index (χ4n) is 4.83. The molecule has 0 radical (unpaired) electrons. The van der Waals surface area contributed by atoms with Crippen LogP contribution in [-0.4, -0.2) is 52.9 Å². The van der Waals surface area contributed by atoms with Gasteiger partial charge in [-0.25, -0.2) is 4.98 Å². The molecule has 2 aromatic carbocycles. The number of benzene rings is 2. The molecule has 0 saturated carbocycles. The zero-order valence-electron chi connectivity index (χ0n) is 17.3. The van der Waals surface area contributed by atoms with Crippen molar-refractivity contribution in [1.82, 2.24) is 14.8 Å². The van der Waals surface area contributed by atoms with Gasteiger partial charge in [-0.2, -0.15) is 0 Å². The Morgan fingerprint density at radius 1 is 1.13 bits per heavy atom. The normalized spacial score (nSPS) is 20.1. The van der Waals surface area contributed by atoms with E-state index in [1.807, 2.05) is 36.2 Å². The first-order valence-electron chi connectivity index (χ1n) is 10.8. The summed E-state index contributed by atoms with van der Waals surface area (Å²) in [5.74, 6) is 0.0656. The Hall–Kier alpha value is -2.50. The lowest BCUT2D eigenvalue weighted by molar-refractivity contribution is -0.127. The van der Waals surface area contributed by atoms with Gasteiger partial charge in [-0.1, -0.05) is 36.4 Å². The Kier molecular flexibility index (Phi) is 5.40. The van der Waals surface area contributed by atoms with E-state index in [1.165, 1.54) is 11.1 Å². The van der Waals surface area contributed by atoms with Crippen molar-refractivity contribution in [1.29, 1.82) is 0 Å². The number of amides is 1. The zero-order valence-corrected chi connectivity index (χ0v) is 18.1. The van der Waals surface area contributed by atoms with Crippen LogP contribution in [0.2, 0.25) is 0 Å². The Morgan fingerprint density at radius 2 is 1.87 bits per heavy atom. The second-order valence-corrected chi connectivity index (χ2v) is 9.49. The standard InChI is InChI=1S/C25H27N3OS/c1-27(25(29)13-12-24-26-22-10-4-5-11-23(22)30-24)20-9-6-14-28(17-20)21-15-18-7-2-3-8-19(18)16-21/h2-5,7-8,10-13,20-21H,6,9,14-17H2,1H3/b13-12+/t20-/m1/s1. The molecular formula is C25H27N3OS. The third-order valence-electron chi connectivity index (χ3n) is 6.55. The molecule has 0 spiro atoms. The van der Waals surface area contributed by atoms with Crippen molar-refractivity contribution in [3.63, 3.8) is 0 Å². The summed E-state index contributed by atoms with van der Waals surface area (Å²) in [6, 6.07) is 17.7. The zero-order chi connectivity index (χ0) is 20.5. The number of likely N-dealkylation sites (N-methyl/N-ethyl adjacent to an activating group) is 1. The number of para-hydroxylation sites is 1. The molecule has 0 N–H and O–H groups in total. The third kappa shape index (κ3) is 3.92. The maximum atomic E-state index is 12.8. The number of rotatable bonds is 4. The molecule has 30 heavy (non-hydrogen) atoms. The fourth-order valence-corrected chi connectivity index (χ4v) is 5.70. The summed E-state index contributed by atoms with van der Waals surface area (Å²) in [4.78, 5) is 22.0. The third-order valence-corrected chi connectivity index (χ3v) is 7.55. The molecule has 3 aromatic rings. The van der Waals surface area contributed by atoms with Gasteiger partial charge in [0.25, 0.3) is 0 Å². The molecule has 1 aromatic heterocycles. The molecule has 1 amide bonds. The maximum Gasteiger partial charge on any atom is 0.246 e. The van der Waals surface area contributed by atoms with Crippen LogP contribution in [-0.2, 0) is 17.6 Å². The van der Waals surface area contributed by atoms with Crippen molar-refractivity contribution >= 4 is 33.5 Å². The summed E-state index contributed by atoms with van der Waals surface area (Å²) < 4.78 is 1.15. The fraction of sp³-hybridized carbons (Fsp3) is 0.360. The molecule has 1 aliphatic carbocycles. The van der Waals surface area contributed by atoms with Crippen LogP contribution in [0.25, 0.3) is 16.3 Å². The molecule has 0 unspecified atom stereocenters. The highest BCUT2D eigenvalue weighted by molar-refractivity contribution is 7.19. The molecule has 2 heterocycles. The lowest BCUT2D eigenvalue weighted by Crippen LogP contribution is -2.51. The topological polar surface area (TPSA) is 36.4 Å². The first kappa shape index (κ1) is 19.5. The van der Waals surface area contributed by atoms with Gasteiger partial charge < -0.3 is 4.90 Å². The van der Waals surface area contributed by atoms with E-state index < -0.39 is 0 Å². The summed E-state index contributed by atoms with van der Waals surface area (Å²) in [6.45, 7) is 2.11. The highest BCUT2D eigenvalue weighted by Gasteiger charge is 2.32. The smallest absolute Gasteiger partial charge is 0.246 e. The number of aromatic nitrogens is 1. The van der Waals surface area contributed by atoms with E-state index in [2.05, 4.69) is 40.2 Å². The number of carbonyl (C=O) groups excluding carboxylic acids is 1. The van der Waals surface area contributed by atoms with E-state index in [0.717, 1.165) is 54.0 Å². The van der Waals surface area contributed by atoms with Crippen LogP contribution in [0.1, 0.15) is 29.0 Å². The molecule has 1 fully saturated rings. The van der Waals surface area contributed by atoms with E-state index in [4.69, 9.17) is 0 Å². The monoisotopic (exact) mass is 417 g/mol. The average molecular weight is 418 g/mol. The number of nitrogens with zero attached hydrogens (tertiary/aromatic N) is 3. The van der Waals surface area contributed by atoms with Crippen LogP contribution in [0.4, 0.5) is 0 Å². The van der Waals surface area contributed by atoms with E-state index >= 15 is 0 Å². The number of carbonyl (C=O) groups is 1. The van der Waals surface area contributed by atoms with Crippen molar-refractivity contribution in [2.45, 2.75) is 37.8 Å². The van der Waals surface area contributed by atoms with E-state index in [9.17, 15) is 4.79 Å². The second-order valence-electron chi connectivity index (χ2n) is 8.42. The van der Waals surface area contributed by atoms with Gasteiger partial charge in [-0.05, 0) is 61.6 Å². The van der Waals surface area contributed by atoms with Crippen molar-refractivity contribution in [3.05, 3.63) is 70.7 Å². The predicted molar refractivity (Wildman–Crippen MR) is 124 cm³/mol. The number of piperidine rings is 1. The van der Waals surface area contributed by atoms with Crippen LogP contribution >= 0.6 is 11.3 Å². The van der Waals surface area contributed by atoms with Crippen molar-refractivity contribution in [2.24, 2.45) is 0 Å². The van der Waals surface area contributed by atoms with E-state index in [1.54, 1.807) is 17.4 Å². The van der Waals surface area contributed by atoms with Gasteiger partial charge in [0.05, 0.1) is 10.2 Å². The molecule has 1 aliphatic heterocycles. The van der Waals surface area contributed by atoms with Gasteiger partial charge in [0.1, 0.15) is 5.01 Å². The van der Waals surface area contributed by atoms with Gasteiger partial charge in [0, 0.05) is 31.8 Å². The Balaban J connectivity index is 1.22. The number of likely N-dealkylation sites (tertiary alicyclic amines) is 1. The van der Waals surface area contributed by atoms with Gasteiger partial charge in [-0.3, -0.25) is 9.69 Å². The molecule has 1 atom stereocenters. The van der Waals surface area contributed by atoms with E-state index in [0.29, 0.717) is 6.04 Å². The summed E-state index contributed by atoms with van der Waals surface area (Å²) in [5.41, 5.74) is 3.98. The molecule has 0 bridgehead atoms. The van der Waals surface area contributed by atoms with Crippen LogP contribution < -0.4 is 0 Å². The van der Waals surface area contributed by atoms with Crippen LogP contribution in [0, 0.1) is 0 Å². The number of thiazole rings is 1. The summed E-state index contributed by atoms with van der Waals surface area (Å²) in [6.07, 6.45) is 8.04. The highest BCUT2D eigenvalue weighted by Crippen LogP contribution is 2.28. The molecule has 154 valence electrons. The van der Waals surface area contributed by atoms with E-state index in [-0.39, 0.29) is 11.9 Å². The minimum atomic E-state index is 0.0656. The van der Waals surface area contributed by atoms with Gasteiger partial charge in [-0.15, -0.1) is 11.3 Å². The Bertz CT molecular complexity index is 1030. The first-order chi connectivity index (χ1) is 14.7. The van der Waals surface area contributed by atoms with Crippen molar-refractivity contribution in [3.8, 4) is 0 Å². The van der Waals surface area contributed by atoms with Gasteiger partial charge in [0.15, 0.2) is 0 Å². The lowest BCUT2D eigenvalue weighted by atomic mass is 10.0. The highest BCUT2D eigenvalue weighted by atomic mass is 32.1. The minimum absolute atomic E-state index is 0.0656. The molecule has 2 aliphatic rings. The summed E-state index contributed by atoms with van der Waals surface area (Å²) >= 11 is 1.62. The minimum Gasteiger partial charge on any atom is -0.338 e. The van der Waals surface area contributed by atoms with Crippen molar-refractivity contribution in [2.75, 3.05) is 20.1 Å². The quantitative estimate of drug-likeness (QED) is 0.591. The van der Waals surface area contributed by atoms with Crippen LogP contribution in [0.5, 0.6) is 0 Å². The number of fused-ring (bicyclic) bond motifs is 2. The van der Waals surface area contributed by atoms with Gasteiger partial charge in [0.2, 0.25) is 5.91 Å². The SMILES string of the molecule is CN(C(=O)/C=C/c1nc2ccccc2s1)[C@@H]1CCCN(C2Cc3ccccc3C2)C1. The number of hydrogen-bond acceptors (Lipinski definition) is 4. The summed E-state index contributed by atoms with van der Waals surface area (Å²) in [7, 11) is 1.95. The maximum absolute atomic E-state index is 12.8. The van der Waals surface area contributed by atoms with Crippen molar-refractivity contribution < 1.29 is 4.79 Å². The molecular weight excluding hydrogens is 390 g/mol. The lowest BCUT2D eigenvalue weighted by Gasteiger charge is -2.40. The predicted octanol–water partition coefficient (Wildman–Crippen LogP) is 4.40. The summed E-state index contributed by atoms with van der Waals surface area (Å²) in [5, 5.41) is 0.881. The van der Waals surface area contributed by atoms with Crippen LogP contribution in [0.15, 0.2) is 54.6 Å². The second kappa shape index (κ2) is 8.32. The Labute approximate surface area is 181 Å². The first-order valence-corrected chi connectivity index (χ1v) is 11.6. The number of hydrogen-bond donors (Lipinski definition) is 0. The van der Waals surface area contributed by atoms with Crippen LogP contribution in [0.3, 0.4) is 0 Å². The average Bonchev–Trinajstić information content (AvgIpc) is 3.40. The largest absolute Gasteiger partial charge is 0.338 e. The molecule has 4 nitrogen and oxygen atoms in total. The molecule has 5 rings (SSSR count). The molecule has 5 heteroatoms. The van der Waals surface area contributed by atoms with Gasteiger partial charge >= 0.3 is 0 Å².